The maximum absolute atomic E-state index is 10.8. The summed E-state index contributed by atoms with van der Waals surface area (Å²) in [5.41, 5.74) is 0.731. The van der Waals surface area contributed by atoms with Crippen LogP contribution >= 0.6 is 0 Å². The third kappa shape index (κ3) is 2.67. The molecular formula is C10H10O4. The van der Waals surface area contributed by atoms with Crippen LogP contribution in [0.3, 0.4) is 0 Å². The van der Waals surface area contributed by atoms with Gasteiger partial charge in [-0.15, -0.1) is 0 Å². The molecule has 1 aromatic carbocycles. The van der Waals surface area contributed by atoms with E-state index in [4.69, 9.17) is 5.11 Å². The molecule has 0 saturated carbocycles. The van der Waals surface area contributed by atoms with E-state index in [9.17, 15) is 14.7 Å². The molecule has 0 aliphatic heterocycles. The molecule has 2 N–H and O–H groups in total. The maximum Gasteiger partial charge on any atom is 0.375 e. The number of carboxylic acids is 1. The van der Waals surface area contributed by atoms with E-state index in [0.29, 0.717) is 0 Å². The third-order valence-electron chi connectivity index (χ3n) is 1.79. The van der Waals surface area contributed by atoms with Crippen LogP contribution in [0.25, 0.3) is 0 Å². The second-order valence-corrected chi connectivity index (χ2v) is 2.87. The van der Waals surface area contributed by atoms with Gasteiger partial charge in [-0.2, -0.15) is 0 Å². The Morgan fingerprint density at radius 3 is 2.29 bits per heavy atom. The lowest BCUT2D eigenvalue weighted by Gasteiger charge is -2.05. The topological polar surface area (TPSA) is 74.6 Å². The summed E-state index contributed by atoms with van der Waals surface area (Å²) in [6.07, 6.45) is -1.43. The molecule has 0 heterocycles. The summed E-state index contributed by atoms with van der Waals surface area (Å²) in [4.78, 5) is 21.0. The summed E-state index contributed by atoms with van der Waals surface area (Å²) in [5.74, 6) is -2.78. The lowest BCUT2D eigenvalue weighted by atomic mass is 10.1. The molecular weight excluding hydrogens is 184 g/mol. The van der Waals surface area contributed by atoms with Crippen molar-refractivity contribution >= 4 is 11.8 Å². The number of carboxylic acid groups (broad SMARTS) is 1. The Morgan fingerprint density at radius 2 is 1.79 bits per heavy atom. The van der Waals surface area contributed by atoms with Crippen LogP contribution in [0.1, 0.15) is 5.56 Å². The second-order valence-electron chi connectivity index (χ2n) is 2.87. The number of hydrogen-bond donors (Lipinski definition) is 2. The minimum absolute atomic E-state index is 0.0337. The van der Waals surface area contributed by atoms with Crippen LogP contribution < -0.4 is 0 Å². The Labute approximate surface area is 80.8 Å². The number of benzene rings is 1. The fraction of sp³-hybridized carbons (Fsp3) is 0.200. The monoisotopic (exact) mass is 194 g/mol. The Hall–Kier alpha value is -1.68. The van der Waals surface area contributed by atoms with Gasteiger partial charge in [0.05, 0.1) is 0 Å². The number of rotatable bonds is 4. The molecule has 74 valence electrons. The molecule has 0 radical (unpaired) electrons. The van der Waals surface area contributed by atoms with E-state index in [-0.39, 0.29) is 6.42 Å². The van der Waals surface area contributed by atoms with Crippen molar-refractivity contribution < 1.29 is 19.8 Å². The first-order valence-corrected chi connectivity index (χ1v) is 4.10. The Kier molecular flexibility index (Phi) is 3.36. The molecule has 0 saturated heterocycles. The molecule has 1 rings (SSSR count). The van der Waals surface area contributed by atoms with Gasteiger partial charge in [0.25, 0.3) is 5.78 Å². The number of hydrogen-bond acceptors (Lipinski definition) is 3. The lowest BCUT2D eigenvalue weighted by molar-refractivity contribution is -0.153. The number of Topliss-reactive ketones (excluding diaryl/α,β-unsaturated/α-hetero) is 1. The highest BCUT2D eigenvalue weighted by atomic mass is 16.4. The van der Waals surface area contributed by atoms with Gasteiger partial charge in [0, 0.05) is 6.42 Å². The highest BCUT2D eigenvalue weighted by Crippen LogP contribution is 2.03. The van der Waals surface area contributed by atoms with E-state index >= 15 is 0 Å². The van der Waals surface area contributed by atoms with Gasteiger partial charge >= 0.3 is 5.97 Å². The van der Waals surface area contributed by atoms with Gasteiger partial charge in [-0.1, -0.05) is 30.3 Å². The first kappa shape index (κ1) is 10.4. The van der Waals surface area contributed by atoms with Crippen molar-refractivity contribution in [2.75, 3.05) is 0 Å². The van der Waals surface area contributed by atoms with Gasteiger partial charge in [-0.3, -0.25) is 4.79 Å². The number of ketones is 1. The van der Waals surface area contributed by atoms with Crippen molar-refractivity contribution in [2.24, 2.45) is 0 Å². The van der Waals surface area contributed by atoms with E-state index in [2.05, 4.69) is 0 Å². The van der Waals surface area contributed by atoms with Crippen molar-refractivity contribution in [2.45, 2.75) is 12.5 Å². The molecule has 14 heavy (non-hydrogen) atoms. The van der Waals surface area contributed by atoms with Gasteiger partial charge in [0.1, 0.15) is 6.10 Å². The Balaban J connectivity index is 2.62. The number of aliphatic carboxylic acids is 1. The zero-order valence-corrected chi connectivity index (χ0v) is 7.38. The van der Waals surface area contributed by atoms with E-state index in [1.165, 1.54) is 0 Å². The van der Waals surface area contributed by atoms with Crippen molar-refractivity contribution in [1.29, 1.82) is 0 Å². The average molecular weight is 194 g/mol. The van der Waals surface area contributed by atoms with Gasteiger partial charge in [-0.25, -0.2) is 4.79 Å². The van der Waals surface area contributed by atoms with Crippen molar-refractivity contribution in [1.82, 2.24) is 0 Å². The van der Waals surface area contributed by atoms with Crippen LogP contribution in [0.4, 0.5) is 0 Å². The molecule has 0 aliphatic rings. The standard InChI is InChI=1S/C10H10O4/c11-8(9(12)10(13)14)6-7-4-2-1-3-5-7/h1-5,8,11H,6H2,(H,13,14). The fourth-order valence-corrected chi connectivity index (χ4v) is 1.07. The molecule has 0 fully saturated rings. The molecule has 0 aromatic heterocycles. The zero-order valence-electron chi connectivity index (χ0n) is 7.38. The van der Waals surface area contributed by atoms with E-state index in [1.54, 1.807) is 30.3 Å². The largest absolute Gasteiger partial charge is 0.475 e. The first-order valence-electron chi connectivity index (χ1n) is 4.10. The van der Waals surface area contributed by atoms with Gasteiger partial charge in [0.2, 0.25) is 0 Å². The lowest BCUT2D eigenvalue weighted by Crippen LogP contribution is -2.29. The molecule has 0 spiro atoms. The molecule has 0 amide bonds. The minimum atomic E-state index is -1.60. The first-order chi connectivity index (χ1) is 6.61. The maximum atomic E-state index is 10.8. The predicted molar refractivity (Wildman–Crippen MR) is 48.8 cm³/mol. The van der Waals surface area contributed by atoms with Gasteiger partial charge in [-0.05, 0) is 5.56 Å². The SMILES string of the molecule is O=C(O)C(=O)C(O)Cc1ccccc1. The zero-order chi connectivity index (χ0) is 10.6. The van der Waals surface area contributed by atoms with Gasteiger partial charge in [0.15, 0.2) is 0 Å². The number of aliphatic hydroxyl groups is 1. The molecule has 1 unspecified atom stereocenters. The summed E-state index contributed by atoms with van der Waals surface area (Å²) in [7, 11) is 0. The third-order valence-corrected chi connectivity index (χ3v) is 1.79. The second kappa shape index (κ2) is 4.53. The summed E-state index contributed by atoms with van der Waals surface area (Å²) in [6.45, 7) is 0. The van der Waals surface area contributed by atoms with E-state index < -0.39 is 17.9 Å². The van der Waals surface area contributed by atoms with E-state index in [1.807, 2.05) is 0 Å². The normalized spacial score (nSPS) is 12.1. The van der Waals surface area contributed by atoms with Crippen LogP contribution in [-0.2, 0) is 16.0 Å². The molecule has 4 heteroatoms. The highest BCUT2D eigenvalue weighted by Gasteiger charge is 2.22. The van der Waals surface area contributed by atoms with Crippen LogP contribution in [0.15, 0.2) is 30.3 Å². The highest BCUT2D eigenvalue weighted by molar-refractivity contribution is 6.34. The van der Waals surface area contributed by atoms with Gasteiger partial charge < -0.3 is 10.2 Å². The fourth-order valence-electron chi connectivity index (χ4n) is 1.07. The number of aliphatic hydroxyl groups excluding tert-OH is 1. The molecule has 1 aromatic rings. The Bertz CT molecular complexity index is 331. The smallest absolute Gasteiger partial charge is 0.375 e. The van der Waals surface area contributed by atoms with Crippen LogP contribution in [-0.4, -0.2) is 28.1 Å². The summed E-state index contributed by atoms with van der Waals surface area (Å²) < 4.78 is 0. The summed E-state index contributed by atoms with van der Waals surface area (Å²) in [6, 6.07) is 8.76. The summed E-state index contributed by atoms with van der Waals surface area (Å²) >= 11 is 0. The van der Waals surface area contributed by atoms with Crippen LogP contribution in [0, 0.1) is 0 Å². The van der Waals surface area contributed by atoms with Crippen LogP contribution in [0.2, 0.25) is 0 Å². The predicted octanol–water partition coefficient (Wildman–Crippen LogP) is 0.244. The number of carbonyl (C=O) groups excluding carboxylic acids is 1. The van der Waals surface area contributed by atoms with Crippen molar-refractivity contribution in [3.05, 3.63) is 35.9 Å². The summed E-state index contributed by atoms with van der Waals surface area (Å²) in [5, 5.41) is 17.5. The van der Waals surface area contributed by atoms with Crippen LogP contribution in [0.5, 0.6) is 0 Å². The van der Waals surface area contributed by atoms with Crippen molar-refractivity contribution in [3.63, 3.8) is 0 Å². The Morgan fingerprint density at radius 1 is 1.21 bits per heavy atom. The van der Waals surface area contributed by atoms with Crippen molar-refractivity contribution in [3.8, 4) is 0 Å². The quantitative estimate of drug-likeness (QED) is 0.673. The molecule has 0 aliphatic carbocycles. The number of carbonyl (C=O) groups is 2. The van der Waals surface area contributed by atoms with E-state index in [0.717, 1.165) is 5.56 Å². The minimum Gasteiger partial charge on any atom is -0.475 e. The average Bonchev–Trinajstić information content (AvgIpc) is 2.18. The molecule has 4 nitrogen and oxygen atoms in total. The molecule has 1 atom stereocenters. The molecule has 0 bridgehead atoms.